The van der Waals surface area contributed by atoms with Crippen molar-refractivity contribution in [1.82, 2.24) is 10.2 Å². The summed E-state index contributed by atoms with van der Waals surface area (Å²) in [6.07, 6.45) is 8.69. The van der Waals surface area contributed by atoms with Crippen molar-refractivity contribution in [3.8, 4) is 0 Å². The van der Waals surface area contributed by atoms with E-state index in [4.69, 9.17) is 0 Å². The van der Waals surface area contributed by atoms with Gasteiger partial charge in [-0.3, -0.25) is 9.59 Å². The molecule has 2 amide bonds. The van der Waals surface area contributed by atoms with Crippen molar-refractivity contribution in [2.24, 2.45) is 34.0 Å². The monoisotopic (exact) mass is 388 g/mol. The van der Waals surface area contributed by atoms with Crippen LogP contribution >= 0.6 is 0 Å². The quantitative estimate of drug-likeness (QED) is 0.780. The second-order valence-electron chi connectivity index (χ2n) is 10.9. The highest BCUT2D eigenvalue weighted by Crippen LogP contribution is 2.70. The molecule has 0 radical (unpaired) electrons. The minimum Gasteiger partial charge on any atom is -0.353 e. The van der Waals surface area contributed by atoms with Gasteiger partial charge < -0.3 is 10.2 Å². The van der Waals surface area contributed by atoms with Crippen LogP contribution in [0.1, 0.15) is 86.0 Å². The molecule has 0 aromatic carbocycles. The normalized spacial score (nSPS) is 47.5. The van der Waals surface area contributed by atoms with E-state index >= 15 is 0 Å². The number of nitrogens with zero attached hydrogens (tertiary/aromatic N) is 1. The second kappa shape index (κ2) is 6.74. The Labute approximate surface area is 171 Å². The lowest BCUT2D eigenvalue weighted by molar-refractivity contribution is -0.171. The molecule has 4 nitrogen and oxygen atoms in total. The van der Waals surface area contributed by atoms with E-state index in [1.54, 1.807) is 0 Å². The molecule has 0 spiro atoms. The number of nitrogens with one attached hydrogen (secondary N) is 1. The summed E-state index contributed by atoms with van der Waals surface area (Å²) >= 11 is 0. The molecule has 28 heavy (non-hydrogen) atoms. The molecule has 0 bridgehead atoms. The number of piperidine rings is 1. The van der Waals surface area contributed by atoms with E-state index in [1.807, 2.05) is 0 Å². The lowest BCUT2D eigenvalue weighted by atomic mass is 9.40. The molecular weight excluding hydrogens is 348 g/mol. The molecule has 1 saturated heterocycles. The third kappa shape index (κ3) is 2.55. The third-order valence-corrected chi connectivity index (χ3v) is 10.3. The van der Waals surface area contributed by atoms with E-state index in [9.17, 15) is 9.59 Å². The maximum atomic E-state index is 13.3. The SMILES string of the molecule is CCN(CC)C(=O)[C@H]1CC[C@H]2[C@@H]3CC[C@H]4NC(=O)CC[C@]4(C)C3(C)CC[C@]12C. The molecule has 0 aromatic heterocycles. The van der Waals surface area contributed by atoms with E-state index in [-0.39, 0.29) is 28.1 Å². The Morgan fingerprint density at radius 1 is 0.964 bits per heavy atom. The first-order valence-electron chi connectivity index (χ1n) is 11.8. The van der Waals surface area contributed by atoms with Crippen LogP contribution in [0.3, 0.4) is 0 Å². The van der Waals surface area contributed by atoms with Gasteiger partial charge in [-0.15, -0.1) is 0 Å². The van der Waals surface area contributed by atoms with Gasteiger partial charge >= 0.3 is 0 Å². The van der Waals surface area contributed by atoms with E-state index in [1.165, 1.54) is 25.7 Å². The van der Waals surface area contributed by atoms with E-state index in [0.29, 0.717) is 30.2 Å². The van der Waals surface area contributed by atoms with E-state index < -0.39 is 0 Å². The fraction of sp³-hybridized carbons (Fsp3) is 0.917. The van der Waals surface area contributed by atoms with Crippen LogP contribution in [0, 0.1) is 34.0 Å². The second-order valence-corrected chi connectivity index (χ2v) is 10.9. The average Bonchev–Trinajstić information content (AvgIpc) is 3.01. The molecule has 1 unspecified atom stereocenters. The molecule has 1 heterocycles. The fourth-order valence-electron chi connectivity index (χ4n) is 8.23. The molecule has 4 fully saturated rings. The van der Waals surface area contributed by atoms with Gasteiger partial charge in [0.25, 0.3) is 0 Å². The van der Waals surface area contributed by atoms with Crippen LogP contribution in [0.5, 0.6) is 0 Å². The molecule has 7 atom stereocenters. The van der Waals surface area contributed by atoms with Crippen molar-refractivity contribution < 1.29 is 9.59 Å². The van der Waals surface area contributed by atoms with Crippen molar-refractivity contribution >= 4 is 11.8 Å². The first-order chi connectivity index (χ1) is 13.2. The predicted molar refractivity (Wildman–Crippen MR) is 112 cm³/mol. The van der Waals surface area contributed by atoms with Crippen LogP contribution in [0.15, 0.2) is 0 Å². The van der Waals surface area contributed by atoms with Crippen LogP contribution in [-0.2, 0) is 9.59 Å². The Bertz CT molecular complexity index is 659. The summed E-state index contributed by atoms with van der Waals surface area (Å²) in [5, 5.41) is 3.34. The molecule has 1 aliphatic heterocycles. The maximum absolute atomic E-state index is 13.3. The number of amides is 2. The highest BCUT2D eigenvalue weighted by Gasteiger charge is 2.66. The van der Waals surface area contributed by atoms with Gasteiger partial charge in [0.15, 0.2) is 0 Å². The van der Waals surface area contributed by atoms with Gasteiger partial charge in [-0.05, 0) is 86.9 Å². The summed E-state index contributed by atoms with van der Waals surface area (Å²) in [6, 6.07) is 0.342. The van der Waals surface area contributed by atoms with Gasteiger partial charge in [0.05, 0.1) is 0 Å². The molecule has 1 N–H and O–H groups in total. The molecule has 4 rings (SSSR count). The molecule has 3 saturated carbocycles. The topological polar surface area (TPSA) is 49.4 Å². The van der Waals surface area contributed by atoms with E-state index in [2.05, 4.69) is 44.8 Å². The van der Waals surface area contributed by atoms with Crippen LogP contribution in [-0.4, -0.2) is 35.8 Å². The van der Waals surface area contributed by atoms with Crippen molar-refractivity contribution in [2.45, 2.75) is 92.0 Å². The Hall–Kier alpha value is -1.06. The molecule has 4 aliphatic rings. The van der Waals surface area contributed by atoms with Crippen molar-refractivity contribution in [1.29, 1.82) is 0 Å². The van der Waals surface area contributed by atoms with Crippen molar-refractivity contribution in [3.63, 3.8) is 0 Å². The van der Waals surface area contributed by atoms with Gasteiger partial charge in [0.2, 0.25) is 11.8 Å². The first-order valence-corrected chi connectivity index (χ1v) is 11.8. The van der Waals surface area contributed by atoms with Gasteiger partial charge in [0.1, 0.15) is 0 Å². The number of hydrogen-bond acceptors (Lipinski definition) is 2. The highest BCUT2D eigenvalue weighted by atomic mass is 16.2. The maximum Gasteiger partial charge on any atom is 0.226 e. The minimum absolute atomic E-state index is 0.158. The molecular formula is C24H40N2O2. The number of carbonyl (C=O) groups is 2. The van der Waals surface area contributed by atoms with Crippen LogP contribution in [0.4, 0.5) is 0 Å². The highest BCUT2D eigenvalue weighted by molar-refractivity contribution is 5.80. The summed E-state index contributed by atoms with van der Waals surface area (Å²) in [5.41, 5.74) is 0.637. The summed E-state index contributed by atoms with van der Waals surface area (Å²) in [6.45, 7) is 13.3. The van der Waals surface area contributed by atoms with Gasteiger partial charge in [0, 0.05) is 31.5 Å². The largest absolute Gasteiger partial charge is 0.353 e. The Morgan fingerprint density at radius 3 is 2.32 bits per heavy atom. The summed E-state index contributed by atoms with van der Waals surface area (Å²) in [7, 11) is 0. The average molecular weight is 389 g/mol. The summed E-state index contributed by atoms with van der Waals surface area (Å²) < 4.78 is 0. The van der Waals surface area contributed by atoms with Gasteiger partial charge in [-0.25, -0.2) is 0 Å². The van der Waals surface area contributed by atoms with Crippen LogP contribution < -0.4 is 5.32 Å². The van der Waals surface area contributed by atoms with Crippen molar-refractivity contribution in [3.05, 3.63) is 0 Å². The zero-order chi connectivity index (χ0) is 20.3. The lowest BCUT2D eigenvalue weighted by Crippen LogP contribution is -2.65. The molecule has 0 aromatic rings. The van der Waals surface area contributed by atoms with Gasteiger partial charge in [-0.1, -0.05) is 20.8 Å². The lowest BCUT2D eigenvalue weighted by Gasteiger charge is -2.66. The standard InChI is InChI=1S/C24H40N2O2/c1-6-26(7-2)21(28)18-9-8-16-17-10-11-19-24(5,13-12-20(27)25-19)23(17,4)15-14-22(16,18)3/h16-19H,6-15H2,1-5H3,(H,25,27)/t16-,17-,18+,19+,22-,23?,24-/m0/s1. The molecule has 4 heteroatoms. The Balaban J connectivity index is 1.63. The number of hydrogen-bond donors (Lipinski definition) is 1. The van der Waals surface area contributed by atoms with Crippen LogP contribution in [0.2, 0.25) is 0 Å². The summed E-state index contributed by atoms with van der Waals surface area (Å²) in [5.74, 6) is 2.21. The van der Waals surface area contributed by atoms with E-state index in [0.717, 1.165) is 32.4 Å². The van der Waals surface area contributed by atoms with Gasteiger partial charge in [-0.2, -0.15) is 0 Å². The molecule has 158 valence electrons. The summed E-state index contributed by atoms with van der Waals surface area (Å²) in [4.78, 5) is 27.4. The zero-order valence-electron chi connectivity index (χ0n) is 18.6. The number of rotatable bonds is 3. The smallest absolute Gasteiger partial charge is 0.226 e. The number of carbonyl (C=O) groups excluding carboxylic acids is 2. The molecule has 3 aliphatic carbocycles. The predicted octanol–water partition coefficient (Wildman–Crippen LogP) is 4.38. The number of fused-ring (bicyclic) bond motifs is 5. The minimum atomic E-state index is 0.158. The first kappa shape index (κ1) is 20.2. The zero-order valence-corrected chi connectivity index (χ0v) is 18.6. The Kier molecular flexibility index (Phi) is 4.87. The third-order valence-electron chi connectivity index (χ3n) is 10.3. The fourth-order valence-corrected chi connectivity index (χ4v) is 8.23. The van der Waals surface area contributed by atoms with Crippen LogP contribution in [0.25, 0.3) is 0 Å². The Morgan fingerprint density at radius 2 is 1.64 bits per heavy atom. The van der Waals surface area contributed by atoms with Crippen molar-refractivity contribution in [2.75, 3.05) is 13.1 Å².